The Kier molecular flexibility index (Phi) is 3.02. The SMILES string of the molecule is C=C(Cc1cccc(C)c1)C(C)=O. The van der Waals surface area contributed by atoms with Crippen molar-refractivity contribution < 1.29 is 4.79 Å². The third kappa shape index (κ3) is 2.86. The van der Waals surface area contributed by atoms with Gasteiger partial charge in [0.15, 0.2) is 5.78 Å². The maximum atomic E-state index is 10.9. The molecule has 0 bridgehead atoms. The minimum absolute atomic E-state index is 0.0708. The Balaban J connectivity index is 2.75. The summed E-state index contributed by atoms with van der Waals surface area (Å²) in [5.74, 6) is 0.0708. The lowest BCUT2D eigenvalue weighted by Gasteiger charge is -2.02. The van der Waals surface area contributed by atoms with Crippen molar-refractivity contribution in [1.82, 2.24) is 0 Å². The van der Waals surface area contributed by atoms with E-state index in [-0.39, 0.29) is 5.78 Å². The van der Waals surface area contributed by atoms with Gasteiger partial charge in [0.25, 0.3) is 0 Å². The van der Waals surface area contributed by atoms with Gasteiger partial charge in [-0.25, -0.2) is 0 Å². The number of hydrogen-bond donors (Lipinski definition) is 0. The van der Waals surface area contributed by atoms with Gasteiger partial charge in [0.2, 0.25) is 0 Å². The Morgan fingerprint density at radius 1 is 1.46 bits per heavy atom. The number of rotatable bonds is 3. The first-order chi connectivity index (χ1) is 6.09. The first-order valence-electron chi connectivity index (χ1n) is 4.34. The van der Waals surface area contributed by atoms with E-state index in [2.05, 4.69) is 12.6 Å². The van der Waals surface area contributed by atoms with E-state index in [1.54, 1.807) is 6.92 Å². The van der Waals surface area contributed by atoms with Crippen molar-refractivity contribution in [2.24, 2.45) is 0 Å². The van der Waals surface area contributed by atoms with Gasteiger partial charge in [-0.05, 0) is 25.0 Å². The Hall–Kier alpha value is -1.37. The number of carbonyl (C=O) groups excluding carboxylic acids is 1. The van der Waals surface area contributed by atoms with E-state index < -0.39 is 0 Å². The quantitative estimate of drug-likeness (QED) is 0.644. The maximum Gasteiger partial charge on any atom is 0.155 e. The van der Waals surface area contributed by atoms with Crippen molar-refractivity contribution in [3.63, 3.8) is 0 Å². The largest absolute Gasteiger partial charge is 0.295 e. The lowest BCUT2D eigenvalue weighted by molar-refractivity contribution is -0.113. The summed E-state index contributed by atoms with van der Waals surface area (Å²) in [4.78, 5) is 10.9. The zero-order valence-corrected chi connectivity index (χ0v) is 8.13. The molecule has 0 saturated carbocycles. The number of benzene rings is 1. The highest BCUT2D eigenvalue weighted by atomic mass is 16.1. The Bertz CT molecular complexity index is 337. The molecule has 0 amide bonds. The summed E-state index contributed by atoms with van der Waals surface area (Å²) in [7, 11) is 0. The number of hydrogen-bond acceptors (Lipinski definition) is 1. The van der Waals surface area contributed by atoms with Gasteiger partial charge in [-0.2, -0.15) is 0 Å². The molecule has 0 fully saturated rings. The fourth-order valence-electron chi connectivity index (χ4n) is 1.19. The smallest absolute Gasteiger partial charge is 0.155 e. The molecule has 0 spiro atoms. The van der Waals surface area contributed by atoms with Crippen LogP contribution in [0.25, 0.3) is 0 Å². The van der Waals surface area contributed by atoms with Crippen LogP contribution in [0.1, 0.15) is 18.1 Å². The number of carbonyl (C=O) groups is 1. The molecule has 1 heteroatoms. The predicted molar refractivity (Wildman–Crippen MR) is 54.7 cm³/mol. The molecule has 0 aliphatic carbocycles. The summed E-state index contributed by atoms with van der Waals surface area (Å²) >= 11 is 0. The molecule has 0 aliphatic heterocycles. The van der Waals surface area contributed by atoms with E-state index in [0.29, 0.717) is 12.0 Å². The average molecular weight is 174 g/mol. The minimum Gasteiger partial charge on any atom is -0.295 e. The van der Waals surface area contributed by atoms with Crippen LogP contribution >= 0.6 is 0 Å². The molecule has 0 unspecified atom stereocenters. The van der Waals surface area contributed by atoms with E-state index in [1.807, 2.05) is 25.1 Å². The molecule has 0 radical (unpaired) electrons. The van der Waals surface area contributed by atoms with E-state index >= 15 is 0 Å². The Morgan fingerprint density at radius 2 is 2.15 bits per heavy atom. The van der Waals surface area contributed by atoms with Crippen LogP contribution in [0, 0.1) is 6.92 Å². The van der Waals surface area contributed by atoms with Gasteiger partial charge in [-0.1, -0.05) is 36.4 Å². The molecule has 0 saturated heterocycles. The highest BCUT2D eigenvalue weighted by Crippen LogP contribution is 2.09. The Labute approximate surface area is 79.1 Å². The Morgan fingerprint density at radius 3 is 2.69 bits per heavy atom. The molecule has 0 atom stereocenters. The fourth-order valence-corrected chi connectivity index (χ4v) is 1.19. The first-order valence-corrected chi connectivity index (χ1v) is 4.34. The van der Waals surface area contributed by atoms with Crippen LogP contribution in [0.3, 0.4) is 0 Å². The lowest BCUT2D eigenvalue weighted by Crippen LogP contribution is -1.98. The topological polar surface area (TPSA) is 17.1 Å². The second-order valence-corrected chi connectivity index (χ2v) is 3.33. The van der Waals surface area contributed by atoms with Crippen molar-refractivity contribution in [2.45, 2.75) is 20.3 Å². The third-order valence-corrected chi connectivity index (χ3v) is 2.00. The maximum absolute atomic E-state index is 10.9. The fraction of sp³-hybridized carbons (Fsp3) is 0.250. The molecule has 1 aromatic rings. The molecule has 0 aliphatic rings. The van der Waals surface area contributed by atoms with Crippen molar-refractivity contribution in [2.75, 3.05) is 0 Å². The number of ketones is 1. The highest BCUT2D eigenvalue weighted by molar-refractivity contribution is 5.92. The van der Waals surface area contributed by atoms with Crippen molar-refractivity contribution >= 4 is 5.78 Å². The molecule has 0 N–H and O–H groups in total. The summed E-state index contributed by atoms with van der Waals surface area (Å²) in [5, 5.41) is 0. The number of Topliss-reactive ketones (excluding diaryl/α,β-unsaturated/α-hetero) is 1. The van der Waals surface area contributed by atoms with E-state index in [1.165, 1.54) is 5.56 Å². The van der Waals surface area contributed by atoms with Gasteiger partial charge < -0.3 is 0 Å². The summed E-state index contributed by atoms with van der Waals surface area (Å²) in [5.41, 5.74) is 3.04. The van der Waals surface area contributed by atoms with E-state index in [0.717, 1.165) is 5.56 Å². The molecule has 13 heavy (non-hydrogen) atoms. The monoisotopic (exact) mass is 174 g/mol. The van der Waals surface area contributed by atoms with Crippen molar-refractivity contribution in [1.29, 1.82) is 0 Å². The number of allylic oxidation sites excluding steroid dienone is 1. The van der Waals surface area contributed by atoms with Crippen molar-refractivity contribution in [3.05, 3.63) is 47.5 Å². The van der Waals surface area contributed by atoms with Gasteiger partial charge in [0, 0.05) is 6.42 Å². The lowest BCUT2D eigenvalue weighted by atomic mass is 10.0. The normalized spacial score (nSPS) is 9.69. The summed E-state index contributed by atoms with van der Waals surface area (Å²) < 4.78 is 0. The van der Waals surface area contributed by atoms with Crippen LogP contribution in [0.5, 0.6) is 0 Å². The summed E-state index contributed by atoms with van der Waals surface area (Å²) in [6.07, 6.45) is 0.664. The average Bonchev–Trinajstić information content (AvgIpc) is 2.04. The van der Waals surface area contributed by atoms with Gasteiger partial charge >= 0.3 is 0 Å². The molecular weight excluding hydrogens is 160 g/mol. The van der Waals surface area contributed by atoms with Gasteiger partial charge in [-0.15, -0.1) is 0 Å². The molecule has 1 nitrogen and oxygen atoms in total. The zero-order valence-electron chi connectivity index (χ0n) is 8.13. The third-order valence-electron chi connectivity index (χ3n) is 2.00. The van der Waals surface area contributed by atoms with Crippen molar-refractivity contribution in [3.8, 4) is 0 Å². The van der Waals surface area contributed by atoms with Crippen LogP contribution in [-0.4, -0.2) is 5.78 Å². The first kappa shape index (κ1) is 9.72. The molecule has 1 rings (SSSR count). The number of aryl methyl sites for hydroxylation is 1. The molecular formula is C12H14O. The van der Waals surface area contributed by atoms with Gasteiger partial charge in [0.1, 0.15) is 0 Å². The van der Waals surface area contributed by atoms with Gasteiger partial charge in [0.05, 0.1) is 0 Å². The highest BCUT2D eigenvalue weighted by Gasteiger charge is 2.01. The molecule has 0 heterocycles. The van der Waals surface area contributed by atoms with E-state index in [4.69, 9.17) is 0 Å². The molecule has 68 valence electrons. The van der Waals surface area contributed by atoms with Gasteiger partial charge in [-0.3, -0.25) is 4.79 Å². The molecule has 1 aromatic carbocycles. The standard InChI is InChI=1S/C12H14O/c1-9-5-4-6-12(7-9)8-10(2)11(3)13/h4-7H,2,8H2,1,3H3. The van der Waals surface area contributed by atoms with Crippen LogP contribution in [0.4, 0.5) is 0 Å². The second-order valence-electron chi connectivity index (χ2n) is 3.33. The van der Waals surface area contributed by atoms with E-state index in [9.17, 15) is 4.79 Å². The van der Waals surface area contributed by atoms with Crippen LogP contribution in [0.15, 0.2) is 36.4 Å². The predicted octanol–water partition coefficient (Wildman–Crippen LogP) is 2.68. The van der Waals surface area contributed by atoms with Crippen LogP contribution < -0.4 is 0 Å². The molecule has 0 aromatic heterocycles. The summed E-state index contributed by atoms with van der Waals surface area (Å²) in [6.45, 7) is 7.33. The van der Waals surface area contributed by atoms with Crippen LogP contribution in [0.2, 0.25) is 0 Å². The van der Waals surface area contributed by atoms with Crippen LogP contribution in [-0.2, 0) is 11.2 Å². The zero-order chi connectivity index (χ0) is 9.84. The summed E-state index contributed by atoms with van der Waals surface area (Å²) in [6, 6.07) is 8.13. The second kappa shape index (κ2) is 4.04. The minimum atomic E-state index is 0.0708.